The molecule has 3 heterocycles. The average Bonchev–Trinajstić information content (AvgIpc) is 3.53. The Morgan fingerprint density at radius 1 is 1.08 bits per heavy atom. The van der Waals surface area contributed by atoms with Gasteiger partial charge in [0.15, 0.2) is 11.6 Å². The number of benzene rings is 2. The predicted molar refractivity (Wildman–Crippen MR) is 140 cm³/mol. The van der Waals surface area contributed by atoms with Crippen LogP contribution in [0.1, 0.15) is 13.3 Å². The minimum atomic E-state index is -0.893. The summed E-state index contributed by atoms with van der Waals surface area (Å²) in [5.74, 6) is -2.91. The van der Waals surface area contributed by atoms with Gasteiger partial charge in [-0.1, -0.05) is 12.1 Å². The fourth-order valence-electron chi connectivity index (χ4n) is 4.01. The van der Waals surface area contributed by atoms with Crippen LogP contribution in [0, 0.1) is 11.6 Å². The Kier molecular flexibility index (Phi) is 6.84. The number of carbonyl (C=O) groups excluding carboxylic acids is 2. The number of carbonyl (C=O) groups is 2. The second-order valence-corrected chi connectivity index (χ2v) is 9.29. The molecule has 8 nitrogen and oxygen atoms in total. The predicted octanol–water partition coefficient (Wildman–Crippen LogP) is 5.79. The first kappa shape index (κ1) is 25.0. The number of anilines is 2. The number of nitrogens with two attached hydrogens (primary N) is 1. The molecule has 0 radical (unpaired) electrons. The Bertz CT molecular complexity index is 1670. The van der Waals surface area contributed by atoms with Crippen molar-refractivity contribution in [2.24, 2.45) is 5.73 Å². The molecule has 0 aliphatic rings. The maximum atomic E-state index is 15.3. The van der Waals surface area contributed by atoms with Crippen molar-refractivity contribution in [1.82, 2.24) is 14.5 Å². The number of fused-ring (bicyclic) bond motifs is 1. The van der Waals surface area contributed by atoms with E-state index in [0.717, 1.165) is 38.8 Å². The molecule has 0 spiro atoms. The topological polar surface area (TPSA) is 103 Å². The number of para-hydroxylation sites is 1. The Morgan fingerprint density at radius 3 is 2.63 bits per heavy atom. The molecule has 2 amide bonds. The SMILES string of the molecule is CCn1cncc1-c1cc2nccc(Oc3ccc(N(C(=O)CC(N)=O)c4ccccc4F)cc3F)c2s1. The molecule has 2 aromatic carbocycles. The molecule has 0 unspecified atom stereocenters. The highest BCUT2D eigenvalue weighted by Gasteiger charge is 2.24. The second kappa shape index (κ2) is 10.4. The van der Waals surface area contributed by atoms with Crippen molar-refractivity contribution in [3.8, 4) is 22.1 Å². The van der Waals surface area contributed by atoms with E-state index in [4.69, 9.17) is 10.5 Å². The smallest absolute Gasteiger partial charge is 0.241 e. The monoisotopic (exact) mass is 533 g/mol. The van der Waals surface area contributed by atoms with E-state index in [1.807, 2.05) is 17.6 Å². The Labute approximate surface area is 219 Å². The fourth-order valence-corrected chi connectivity index (χ4v) is 5.10. The van der Waals surface area contributed by atoms with Crippen molar-refractivity contribution in [1.29, 1.82) is 0 Å². The van der Waals surface area contributed by atoms with Crippen LogP contribution in [-0.4, -0.2) is 26.3 Å². The molecule has 0 atom stereocenters. The van der Waals surface area contributed by atoms with Crippen LogP contribution >= 0.6 is 11.3 Å². The lowest BCUT2D eigenvalue weighted by atomic mass is 10.2. The Balaban J connectivity index is 1.49. The van der Waals surface area contributed by atoms with Crippen molar-refractivity contribution in [3.05, 3.63) is 85.0 Å². The van der Waals surface area contributed by atoms with Crippen LogP contribution in [0.3, 0.4) is 0 Å². The molecule has 0 bridgehead atoms. The molecule has 3 aromatic heterocycles. The van der Waals surface area contributed by atoms with Crippen LogP contribution in [0.25, 0.3) is 20.8 Å². The molecule has 5 aromatic rings. The van der Waals surface area contributed by atoms with Crippen molar-refractivity contribution in [3.63, 3.8) is 0 Å². The van der Waals surface area contributed by atoms with Gasteiger partial charge in [0.1, 0.15) is 18.0 Å². The van der Waals surface area contributed by atoms with E-state index >= 15 is 4.39 Å². The molecule has 0 aliphatic carbocycles. The van der Waals surface area contributed by atoms with Crippen LogP contribution in [-0.2, 0) is 16.1 Å². The van der Waals surface area contributed by atoms with Gasteiger partial charge in [0.2, 0.25) is 11.8 Å². The van der Waals surface area contributed by atoms with E-state index in [1.165, 1.54) is 41.7 Å². The van der Waals surface area contributed by atoms with Crippen molar-refractivity contribution >= 4 is 44.7 Å². The van der Waals surface area contributed by atoms with Crippen LogP contribution in [0.5, 0.6) is 11.5 Å². The number of nitrogens with zero attached hydrogens (tertiary/aromatic N) is 4. The molecular weight excluding hydrogens is 512 g/mol. The number of hydrogen-bond acceptors (Lipinski definition) is 6. The minimum absolute atomic E-state index is 0.0114. The Hall–Kier alpha value is -4.64. The van der Waals surface area contributed by atoms with Gasteiger partial charge in [0.05, 0.1) is 44.7 Å². The number of hydrogen-bond donors (Lipinski definition) is 1. The molecule has 5 rings (SSSR count). The van der Waals surface area contributed by atoms with Gasteiger partial charge in [-0.25, -0.2) is 13.8 Å². The number of rotatable bonds is 8. The summed E-state index contributed by atoms with van der Waals surface area (Å²) in [5, 5.41) is 0. The fraction of sp³-hybridized carbons (Fsp3) is 0.111. The third kappa shape index (κ3) is 4.83. The molecule has 11 heteroatoms. The molecular formula is C27H21F2N5O3S. The standard InChI is InChI=1S/C27H21F2N5O3S/c1-2-33-15-31-14-21(33)24-12-19-27(38-24)23(9-10-32-19)37-22-8-7-16(11-18(22)29)34(26(36)13-25(30)35)20-6-4-3-5-17(20)28/h3-12,14-15H,2,13H2,1H3,(H2,30,35). The van der Waals surface area contributed by atoms with Gasteiger partial charge in [-0.15, -0.1) is 11.3 Å². The second-order valence-electron chi connectivity index (χ2n) is 8.24. The van der Waals surface area contributed by atoms with Gasteiger partial charge in [-0.2, -0.15) is 0 Å². The normalized spacial score (nSPS) is 11.0. The number of pyridine rings is 1. The summed E-state index contributed by atoms with van der Waals surface area (Å²) in [7, 11) is 0. The highest BCUT2D eigenvalue weighted by atomic mass is 32.1. The van der Waals surface area contributed by atoms with Gasteiger partial charge >= 0.3 is 0 Å². The number of primary amides is 1. The largest absolute Gasteiger partial charge is 0.453 e. The lowest BCUT2D eigenvalue weighted by Crippen LogP contribution is -2.31. The summed E-state index contributed by atoms with van der Waals surface area (Å²) in [6, 6.07) is 12.8. The average molecular weight is 534 g/mol. The number of imidazole rings is 1. The lowest BCUT2D eigenvalue weighted by Gasteiger charge is -2.23. The van der Waals surface area contributed by atoms with Crippen LogP contribution in [0.4, 0.5) is 20.2 Å². The summed E-state index contributed by atoms with van der Waals surface area (Å²) in [5.41, 5.74) is 6.67. The summed E-state index contributed by atoms with van der Waals surface area (Å²) in [6.07, 6.45) is 4.41. The first-order valence-corrected chi connectivity index (χ1v) is 12.4. The highest BCUT2D eigenvalue weighted by Crippen LogP contribution is 2.40. The first-order valence-electron chi connectivity index (χ1n) is 11.6. The maximum absolute atomic E-state index is 15.3. The minimum Gasteiger partial charge on any atom is -0.453 e. The quantitative estimate of drug-likeness (QED) is 0.254. The number of amides is 2. The van der Waals surface area contributed by atoms with E-state index < -0.39 is 29.9 Å². The van der Waals surface area contributed by atoms with Crippen LogP contribution in [0.15, 0.2) is 73.3 Å². The summed E-state index contributed by atoms with van der Waals surface area (Å²) in [6.45, 7) is 2.77. The van der Waals surface area contributed by atoms with E-state index in [-0.39, 0.29) is 17.1 Å². The molecule has 2 N–H and O–H groups in total. The van der Waals surface area contributed by atoms with Gasteiger partial charge in [0.25, 0.3) is 0 Å². The van der Waals surface area contributed by atoms with Gasteiger partial charge < -0.3 is 15.0 Å². The summed E-state index contributed by atoms with van der Waals surface area (Å²) >= 11 is 1.44. The number of aryl methyl sites for hydroxylation is 1. The van der Waals surface area contributed by atoms with Crippen LogP contribution < -0.4 is 15.4 Å². The molecule has 38 heavy (non-hydrogen) atoms. The first-order chi connectivity index (χ1) is 18.4. The van der Waals surface area contributed by atoms with E-state index in [1.54, 1.807) is 24.8 Å². The van der Waals surface area contributed by atoms with Gasteiger partial charge in [-0.3, -0.25) is 19.5 Å². The van der Waals surface area contributed by atoms with Crippen LogP contribution in [0.2, 0.25) is 0 Å². The lowest BCUT2D eigenvalue weighted by molar-refractivity contribution is -0.125. The van der Waals surface area contributed by atoms with Gasteiger partial charge in [-0.05, 0) is 37.3 Å². The van der Waals surface area contributed by atoms with E-state index in [9.17, 15) is 14.0 Å². The number of halogens is 2. The highest BCUT2D eigenvalue weighted by molar-refractivity contribution is 7.22. The molecule has 0 saturated carbocycles. The third-order valence-corrected chi connectivity index (χ3v) is 6.90. The summed E-state index contributed by atoms with van der Waals surface area (Å²) in [4.78, 5) is 34.6. The number of thiophene rings is 1. The zero-order valence-corrected chi connectivity index (χ0v) is 20.9. The van der Waals surface area contributed by atoms with E-state index in [2.05, 4.69) is 9.97 Å². The number of aromatic nitrogens is 3. The Morgan fingerprint density at radius 2 is 1.89 bits per heavy atom. The third-order valence-electron chi connectivity index (χ3n) is 5.74. The zero-order chi connectivity index (χ0) is 26.8. The van der Waals surface area contributed by atoms with Crippen molar-refractivity contribution in [2.45, 2.75) is 19.9 Å². The molecule has 192 valence electrons. The molecule has 0 saturated heterocycles. The maximum Gasteiger partial charge on any atom is 0.241 e. The number of ether oxygens (including phenoxy) is 1. The van der Waals surface area contributed by atoms with Crippen molar-refractivity contribution in [2.75, 3.05) is 4.90 Å². The van der Waals surface area contributed by atoms with Crippen molar-refractivity contribution < 1.29 is 23.1 Å². The van der Waals surface area contributed by atoms with Gasteiger partial charge in [0, 0.05) is 24.9 Å². The van der Waals surface area contributed by atoms with E-state index in [0.29, 0.717) is 11.3 Å². The zero-order valence-electron chi connectivity index (χ0n) is 20.1. The molecule has 0 aliphatic heterocycles. The molecule has 0 fully saturated rings. The summed E-state index contributed by atoms with van der Waals surface area (Å²) < 4.78 is 38.5.